The topological polar surface area (TPSA) is 46.1 Å². The van der Waals surface area contributed by atoms with Crippen LogP contribution in [0, 0.1) is 5.82 Å². The van der Waals surface area contributed by atoms with Crippen LogP contribution in [0.5, 0.6) is 0 Å². The van der Waals surface area contributed by atoms with Crippen molar-refractivity contribution in [2.24, 2.45) is 0 Å². The summed E-state index contributed by atoms with van der Waals surface area (Å²) in [5, 5.41) is 6.02. The fourth-order valence-corrected chi connectivity index (χ4v) is 2.30. The van der Waals surface area contributed by atoms with Crippen molar-refractivity contribution in [3.05, 3.63) is 54.1 Å². The highest BCUT2D eigenvalue weighted by Crippen LogP contribution is 2.14. The fourth-order valence-electron chi connectivity index (χ4n) is 2.30. The Morgan fingerprint density at radius 3 is 2.86 bits per heavy atom. The maximum Gasteiger partial charge on any atom is 0.244 e. The van der Waals surface area contributed by atoms with Crippen molar-refractivity contribution in [2.45, 2.75) is 26.4 Å². The Labute approximate surface area is 124 Å². The van der Waals surface area contributed by atoms with E-state index in [4.69, 9.17) is 0 Å². The number of halogens is 1. The van der Waals surface area contributed by atoms with Crippen LogP contribution >= 0.6 is 0 Å². The monoisotopic (exact) mass is 289 g/mol. The van der Waals surface area contributed by atoms with E-state index in [0.717, 1.165) is 12.2 Å². The molecule has 0 radical (unpaired) electrons. The van der Waals surface area contributed by atoms with Gasteiger partial charge in [-0.05, 0) is 43.8 Å². The van der Waals surface area contributed by atoms with E-state index >= 15 is 0 Å². The van der Waals surface area contributed by atoms with Gasteiger partial charge in [-0.1, -0.05) is 13.0 Å². The number of nitrogens with one attached hydrogen (secondary N) is 2. The Balaban J connectivity index is 2.02. The maximum atomic E-state index is 13.1. The van der Waals surface area contributed by atoms with Crippen molar-refractivity contribution in [3.63, 3.8) is 0 Å². The average Bonchev–Trinajstić information content (AvgIpc) is 2.87. The summed E-state index contributed by atoms with van der Waals surface area (Å²) in [6, 6.07) is 9.96. The van der Waals surface area contributed by atoms with E-state index in [0.29, 0.717) is 5.69 Å². The van der Waals surface area contributed by atoms with Gasteiger partial charge in [-0.3, -0.25) is 4.79 Å². The SMILES string of the molecule is CCNC(C)c1cccn1CC(=O)Nc1cccc(F)c1. The van der Waals surface area contributed by atoms with Gasteiger partial charge in [-0.25, -0.2) is 4.39 Å². The molecule has 4 nitrogen and oxygen atoms in total. The van der Waals surface area contributed by atoms with E-state index in [9.17, 15) is 9.18 Å². The molecule has 1 heterocycles. The molecule has 0 saturated carbocycles. The van der Waals surface area contributed by atoms with Gasteiger partial charge in [-0.15, -0.1) is 0 Å². The van der Waals surface area contributed by atoms with Crippen molar-refractivity contribution in [1.29, 1.82) is 0 Å². The van der Waals surface area contributed by atoms with Crippen molar-refractivity contribution >= 4 is 11.6 Å². The van der Waals surface area contributed by atoms with Crippen LogP contribution in [0.2, 0.25) is 0 Å². The number of carbonyl (C=O) groups is 1. The van der Waals surface area contributed by atoms with Crippen molar-refractivity contribution in [1.82, 2.24) is 9.88 Å². The molecule has 1 amide bonds. The first kappa shape index (κ1) is 15.3. The third-order valence-electron chi connectivity index (χ3n) is 3.24. The highest BCUT2D eigenvalue weighted by Gasteiger charge is 2.11. The lowest BCUT2D eigenvalue weighted by atomic mass is 10.2. The molecule has 0 aliphatic carbocycles. The Morgan fingerprint density at radius 2 is 2.14 bits per heavy atom. The number of aromatic nitrogens is 1. The molecule has 1 unspecified atom stereocenters. The molecule has 5 heteroatoms. The van der Waals surface area contributed by atoms with Gasteiger partial charge in [0, 0.05) is 23.6 Å². The van der Waals surface area contributed by atoms with Crippen LogP contribution in [-0.4, -0.2) is 17.0 Å². The first-order chi connectivity index (χ1) is 10.1. The van der Waals surface area contributed by atoms with E-state index in [1.807, 2.05) is 29.8 Å². The molecule has 2 N–H and O–H groups in total. The minimum Gasteiger partial charge on any atom is -0.341 e. The molecule has 0 saturated heterocycles. The number of rotatable bonds is 6. The number of amides is 1. The quantitative estimate of drug-likeness (QED) is 0.859. The van der Waals surface area contributed by atoms with Gasteiger partial charge in [0.25, 0.3) is 0 Å². The molecule has 0 bridgehead atoms. The van der Waals surface area contributed by atoms with Gasteiger partial charge in [0.1, 0.15) is 12.4 Å². The zero-order valence-corrected chi connectivity index (χ0v) is 12.3. The van der Waals surface area contributed by atoms with Crippen LogP contribution in [-0.2, 0) is 11.3 Å². The van der Waals surface area contributed by atoms with Crippen LogP contribution in [0.3, 0.4) is 0 Å². The number of nitrogens with zero attached hydrogens (tertiary/aromatic N) is 1. The number of carbonyl (C=O) groups excluding carboxylic acids is 1. The standard InChI is InChI=1S/C16H20FN3O/c1-3-18-12(2)15-8-5-9-20(15)11-16(21)19-14-7-4-6-13(17)10-14/h4-10,12,18H,3,11H2,1-2H3,(H,19,21). The number of benzene rings is 1. The predicted molar refractivity (Wildman–Crippen MR) is 81.6 cm³/mol. The van der Waals surface area contributed by atoms with Gasteiger partial charge in [0.15, 0.2) is 0 Å². The molecule has 0 aliphatic rings. The second-order valence-electron chi connectivity index (χ2n) is 4.90. The average molecular weight is 289 g/mol. The third kappa shape index (κ3) is 4.16. The molecule has 2 aromatic rings. The van der Waals surface area contributed by atoms with Crippen LogP contribution in [0.15, 0.2) is 42.6 Å². The van der Waals surface area contributed by atoms with Crippen molar-refractivity contribution < 1.29 is 9.18 Å². The first-order valence-corrected chi connectivity index (χ1v) is 7.04. The Morgan fingerprint density at radius 1 is 1.33 bits per heavy atom. The van der Waals surface area contributed by atoms with E-state index in [1.54, 1.807) is 12.1 Å². The minimum atomic E-state index is -0.366. The summed E-state index contributed by atoms with van der Waals surface area (Å²) in [4.78, 5) is 12.0. The summed E-state index contributed by atoms with van der Waals surface area (Å²) < 4.78 is 15.0. The lowest BCUT2D eigenvalue weighted by Crippen LogP contribution is -2.24. The number of anilines is 1. The van der Waals surface area contributed by atoms with E-state index < -0.39 is 0 Å². The molecule has 0 spiro atoms. The summed E-state index contributed by atoms with van der Waals surface area (Å²) in [5.74, 6) is -0.544. The largest absolute Gasteiger partial charge is 0.341 e. The highest BCUT2D eigenvalue weighted by molar-refractivity contribution is 5.90. The fraction of sp³-hybridized carbons (Fsp3) is 0.312. The lowest BCUT2D eigenvalue weighted by Gasteiger charge is -2.16. The Bertz CT molecular complexity index is 609. The minimum absolute atomic E-state index is 0.173. The zero-order chi connectivity index (χ0) is 15.2. The van der Waals surface area contributed by atoms with E-state index in [2.05, 4.69) is 17.6 Å². The molecule has 1 atom stereocenters. The lowest BCUT2D eigenvalue weighted by molar-refractivity contribution is -0.116. The molecular formula is C16H20FN3O. The van der Waals surface area contributed by atoms with Gasteiger partial charge >= 0.3 is 0 Å². The summed E-state index contributed by atoms with van der Waals surface area (Å²) in [5.41, 5.74) is 1.51. The summed E-state index contributed by atoms with van der Waals surface area (Å²) >= 11 is 0. The van der Waals surface area contributed by atoms with Gasteiger partial charge in [-0.2, -0.15) is 0 Å². The zero-order valence-electron chi connectivity index (χ0n) is 12.3. The first-order valence-electron chi connectivity index (χ1n) is 7.04. The molecule has 112 valence electrons. The van der Waals surface area contributed by atoms with Crippen molar-refractivity contribution in [3.8, 4) is 0 Å². The summed E-state index contributed by atoms with van der Waals surface area (Å²) in [6.07, 6.45) is 1.87. The Kier molecular flexibility index (Phi) is 5.11. The van der Waals surface area contributed by atoms with Gasteiger partial charge in [0.2, 0.25) is 5.91 Å². The molecule has 1 aromatic heterocycles. The maximum absolute atomic E-state index is 13.1. The summed E-state index contributed by atoms with van der Waals surface area (Å²) in [6.45, 7) is 5.16. The normalized spacial score (nSPS) is 12.1. The molecule has 2 rings (SSSR count). The second-order valence-corrected chi connectivity index (χ2v) is 4.90. The number of hydrogen-bond donors (Lipinski definition) is 2. The molecule has 21 heavy (non-hydrogen) atoms. The van der Waals surface area contributed by atoms with Crippen LogP contribution in [0.1, 0.15) is 25.6 Å². The van der Waals surface area contributed by atoms with Gasteiger partial charge < -0.3 is 15.2 Å². The van der Waals surface area contributed by atoms with Crippen molar-refractivity contribution in [2.75, 3.05) is 11.9 Å². The molecule has 0 aliphatic heterocycles. The molecular weight excluding hydrogens is 269 g/mol. The third-order valence-corrected chi connectivity index (χ3v) is 3.24. The van der Waals surface area contributed by atoms with Crippen LogP contribution < -0.4 is 10.6 Å². The smallest absolute Gasteiger partial charge is 0.244 e. The van der Waals surface area contributed by atoms with Crippen LogP contribution in [0.4, 0.5) is 10.1 Å². The highest BCUT2D eigenvalue weighted by atomic mass is 19.1. The van der Waals surface area contributed by atoms with E-state index in [1.165, 1.54) is 12.1 Å². The van der Waals surface area contributed by atoms with Gasteiger partial charge in [0.05, 0.1) is 0 Å². The molecule has 0 fully saturated rings. The predicted octanol–water partition coefficient (Wildman–Crippen LogP) is 2.94. The van der Waals surface area contributed by atoms with Crippen LogP contribution in [0.25, 0.3) is 0 Å². The number of hydrogen-bond acceptors (Lipinski definition) is 2. The Hall–Kier alpha value is -2.14. The van der Waals surface area contributed by atoms with E-state index in [-0.39, 0.29) is 24.3 Å². The second kappa shape index (κ2) is 7.04. The summed E-state index contributed by atoms with van der Waals surface area (Å²) in [7, 11) is 0. The molecule has 1 aromatic carbocycles.